The predicted molar refractivity (Wildman–Crippen MR) is 46.6 cm³/mol. The molecule has 0 aromatic carbocycles. The van der Waals surface area contributed by atoms with Crippen LogP contribution in [0.25, 0.3) is 0 Å². The normalized spacial score (nSPS) is 41.7. The molecule has 0 N–H and O–H groups in total. The maximum absolute atomic E-state index is 5.58. The lowest BCUT2D eigenvalue weighted by Crippen LogP contribution is -2.29. The van der Waals surface area contributed by atoms with E-state index in [9.17, 15) is 0 Å². The molecule has 0 amide bonds. The van der Waals surface area contributed by atoms with Gasteiger partial charge in [0.15, 0.2) is 0 Å². The third-order valence-corrected chi connectivity index (χ3v) is 2.57. The summed E-state index contributed by atoms with van der Waals surface area (Å²) in [5.41, 5.74) is 0. The highest BCUT2D eigenvalue weighted by atomic mass is 32.1. The third-order valence-electron chi connectivity index (χ3n) is 2.05. The van der Waals surface area contributed by atoms with Gasteiger partial charge in [-0.2, -0.15) is 12.6 Å². The van der Waals surface area contributed by atoms with Crippen molar-refractivity contribution in [3.63, 3.8) is 0 Å². The van der Waals surface area contributed by atoms with E-state index in [0.717, 1.165) is 11.7 Å². The molecule has 0 radical (unpaired) electrons. The van der Waals surface area contributed by atoms with Crippen LogP contribution in [-0.4, -0.2) is 18.0 Å². The fraction of sp³-hybridized carbons (Fsp3) is 1.00. The minimum atomic E-state index is 0.445. The highest BCUT2D eigenvalue weighted by Gasteiger charge is 2.22. The Balaban J connectivity index is 2.35. The number of thiol groups is 1. The van der Waals surface area contributed by atoms with Crippen molar-refractivity contribution < 1.29 is 4.74 Å². The first kappa shape index (κ1) is 8.41. The lowest BCUT2D eigenvalue weighted by atomic mass is 9.94. The molecule has 0 aromatic rings. The first-order valence-corrected chi connectivity index (χ1v) is 4.62. The standard InChI is InChI=1S/C8H16OS/c1-6-3-8(5-10)4-7(2)9-6/h6-8,10H,3-5H2,1-2H3. The minimum absolute atomic E-state index is 0.445. The molecule has 1 heterocycles. The van der Waals surface area contributed by atoms with Crippen LogP contribution in [0.2, 0.25) is 0 Å². The molecule has 0 aromatic heterocycles. The molecule has 1 rings (SSSR count). The van der Waals surface area contributed by atoms with E-state index < -0.39 is 0 Å². The minimum Gasteiger partial charge on any atom is -0.376 e. The van der Waals surface area contributed by atoms with Gasteiger partial charge in [-0.1, -0.05) is 0 Å². The van der Waals surface area contributed by atoms with Gasteiger partial charge >= 0.3 is 0 Å². The average molecular weight is 160 g/mol. The van der Waals surface area contributed by atoms with Crippen LogP contribution in [0.5, 0.6) is 0 Å². The van der Waals surface area contributed by atoms with E-state index in [-0.39, 0.29) is 0 Å². The Bertz CT molecular complexity index is 95.4. The zero-order valence-corrected chi connectivity index (χ0v) is 7.60. The molecule has 0 saturated carbocycles. The number of hydrogen-bond acceptors (Lipinski definition) is 2. The predicted octanol–water partition coefficient (Wildman–Crippen LogP) is 2.12. The SMILES string of the molecule is CC1CC(CS)CC(C)O1. The number of rotatable bonds is 1. The Morgan fingerprint density at radius 2 is 1.80 bits per heavy atom. The fourth-order valence-corrected chi connectivity index (χ4v) is 1.99. The van der Waals surface area contributed by atoms with Gasteiger partial charge < -0.3 is 4.74 Å². The third kappa shape index (κ3) is 2.17. The van der Waals surface area contributed by atoms with Gasteiger partial charge in [-0.25, -0.2) is 0 Å². The summed E-state index contributed by atoms with van der Waals surface area (Å²) in [6, 6.07) is 0. The topological polar surface area (TPSA) is 9.23 Å². The molecule has 0 bridgehead atoms. The largest absolute Gasteiger partial charge is 0.376 e. The zero-order chi connectivity index (χ0) is 7.56. The molecular weight excluding hydrogens is 144 g/mol. The van der Waals surface area contributed by atoms with E-state index >= 15 is 0 Å². The maximum Gasteiger partial charge on any atom is 0.0553 e. The van der Waals surface area contributed by atoms with E-state index in [1.807, 2.05) is 0 Å². The molecular formula is C8H16OS. The summed E-state index contributed by atoms with van der Waals surface area (Å²) in [4.78, 5) is 0. The first-order chi connectivity index (χ1) is 4.72. The second-order valence-corrected chi connectivity index (χ2v) is 3.64. The van der Waals surface area contributed by atoms with Gasteiger partial charge in [-0.15, -0.1) is 0 Å². The fourth-order valence-electron chi connectivity index (χ4n) is 1.69. The maximum atomic E-state index is 5.58. The molecule has 1 fully saturated rings. The first-order valence-electron chi connectivity index (χ1n) is 3.98. The summed E-state index contributed by atoms with van der Waals surface area (Å²) in [6.07, 6.45) is 3.27. The Hall–Kier alpha value is 0.310. The second-order valence-electron chi connectivity index (χ2n) is 3.28. The van der Waals surface area contributed by atoms with E-state index in [0.29, 0.717) is 12.2 Å². The number of hydrogen-bond donors (Lipinski definition) is 1. The molecule has 0 aliphatic carbocycles. The lowest BCUT2D eigenvalue weighted by molar-refractivity contribution is -0.0475. The lowest BCUT2D eigenvalue weighted by Gasteiger charge is -2.31. The Morgan fingerprint density at radius 3 is 2.20 bits per heavy atom. The highest BCUT2D eigenvalue weighted by Crippen LogP contribution is 2.24. The van der Waals surface area contributed by atoms with Crippen LogP contribution in [0.1, 0.15) is 26.7 Å². The summed E-state index contributed by atoms with van der Waals surface area (Å²) < 4.78 is 5.58. The quantitative estimate of drug-likeness (QED) is 0.578. The molecule has 1 saturated heterocycles. The molecule has 2 unspecified atom stereocenters. The molecule has 2 atom stereocenters. The monoisotopic (exact) mass is 160 g/mol. The zero-order valence-electron chi connectivity index (χ0n) is 6.71. The van der Waals surface area contributed by atoms with Crippen molar-refractivity contribution in [2.75, 3.05) is 5.75 Å². The summed E-state index contributed by atoms with van der Waals surface area (Å²) in [5, 5.41) is 0. The van der Waals surface area contributed by atoms with Crippen LogP contribution in [-0.2, 0) is 4.74 Å². The van der Waals surface area contributed by atoms with Crippen molar-refractivity contribution >= 4 is 12.6 Å². The molecule has 60 valence electrons. The molecule has 0 spiro atoms. The van der Waals surface area contributed by atoms with Gasteiger partial charge in [0.1, 0.15) is 0 Å². The van der Waals surface area contributed by atoms with Gasteiger partial charge in [0.2, 0.25) is 0 Å². The number of ether oxygens (including phenoxy) is 1. The smallest absolute Gasteiger partial charge is 0.0553 e. The van der Waals surface area contributed by atoms with Crippen molar-refractivity contribution in [2.45, 2.75) is 38.9 Å². The summed E-state index contributed by atoms with van der Waals surface area (Å²) >= 11 is 4.29. The molecule has 2 heteroatoms. The van der Waals surface area contributed by atoms with Gasteiger partial charge in [0, 0.05) is 0 Å². The van der Waals surface area contributed by atoms with Crippen molar-refractivity contribution in [2.24, 2.45) is 5.92 Å². The summed E-state index contributed by atoms with van der Waals surface area (Å²) in [5.74, 6) is 1.79. The van der Waals surface area contributed by atoms with E-state index in [1.165, 1.54) is 12.8 Å². The van der Waals surface area contributed by atoms with Gasteiger partial charge in [-0.05, 0) is 38.4 Å². The average Bonchev–Trinajstić information content (AvgIpc) is 1.85. The van der Waals surface area contributed by atoms with E-state index in [4.69, 9.17) is 4.74 Å². The van der Waals surface area contributed by atoms with Crippen LogP contribution in [0.15, 0.2) is 0 Å². The van der Waals surface area contributed by atoms with Crippen LogP contribution < -0.4 is 0 Å². The molecule has 1 nitrogen and oxygen atoms in total. The van der Waals surface area contributed by atoms with E-state index in [2.05, 4.69) is 26.5 Å². The van der Waals surface area contributed by atoms with Crippen LogP contribution in [0, 0.1) is 5.92 Å². The molecule has 10 heavy (non-hydrogen) atoms. The van der Waals surface area contributed by atoms with Crippen molar-refractivity contribution in [1.29, 1.82) is 0 Å². The van der Waals surface area contributed by atoms with Gasteiger partial charge in [0.25, 0.3) is 0 Å². The van der Waals surface area contributed by atoms with Crippen molar-refractivity contribution in [1.82, 2.24) is 0 Å². The Kier molecular flexibility index (Phi) is 3.05. The van der Waals surface area contributed by atoms with Crippen LogP contribution in [0.4, 0.5) is 0 Å². The van der Waals surface area contributed by atoms with Gasteiger partial charge in [0.05, 0.1) is 12.2 Å². The van der Waals surface area contributed by atoms with Crippen molar-refractivity contribution in [3.05, 3.63) is 0 Å². The molecule has 1 aliphatic rings. The Morgan fingerprint density at radius 1 is 1.30 bits per heavy atom. The van der Waals surface area contributed by atoms with Crippen LogP contribution in [0.3, 0.4) is 0 Å². The highest BCUT2D eigenvalue weighted by molar-refractivity contribution is 7.80. The summed E-state index contributed by atoms with van der Waals surface area (Å²) in [6.45, 7) is 4.29. The van der Waals surface area contributed by atoms with Crippen molar-refractivity contribution in [3.8, 4) is 0 Å². The van der Waals surface area contributed by atoms with E-state index in [1.54, 1.807) is 0 Å². The van der Waals surface area contributed by atoms with Gasteiger partial charge in [-0.3, -0.25) is 0 Å². The summed E-state index contributed by atoms with van der Waals surface area (Å²) in [7, 11) is 0. The van der Waals surface area contributed by atoms with Crippen LogP contribution >= 0.6 is 12.6 Å². The Labute approximate surface area is 68.6 Å². The molecule has 1 aliphatic heterocycles. The second kappa shape index (κ2) is 3.63.